The predicted molar refractivity (Wildman–Crippen MR) is 158 cm³/mol. The lowest BCUT2D eigenvalue weighted by atomic mass is 9.90. The van der Waals surface area contributed by atoms with Gasteiger partial charge in [-0.15, -0.1) is 0 Å². The van der Waals surface area contributed by atoms with Gasteiger partial charge in [0.1, 0.15) is 0 Å². The van der Waals surface area contributed by atoms with Gasteiger partial charge in [-0.25, -0.2) is 0 Å². The number of nitrogens with zero attached hydrogens (tertiary/aromatic N) is 3. The van der Waals surface area contributed by atoms with Gasteiger partial charge in [0.15, 0.2) is 0 Å². The predicted octanol–water partition coefficient (Wildman–Crippen LogP) is 3.66. The Morgan fingerprint density at radius 2 is 1.54 bits per heavy atom. The summed E-state index contributed by atoms with van der Waals surface area (Å²) in [7, 11) is 0. The topological polar surface area (TPSA) is 103 Å². The molecule has 3 aromatic rings. The highest BCUT2D eigenvalue weighted by molar-refractivity contribution is 6.00. The second kappa shape index (κ2) is 12.4. The molecule has 2 N–H and O–H groups in total. The Balaban J connectivity index is 1.31. The number of benzene rings is 2. The summed E-state index contributed by atoms with van der Waals surface area (Å²) in [5.41, 5.74) is 1.39. The first-order chi connectivity index (χ1) is 19.7. The minimum atomic E-state index is -1.17. The summed E-state index contributed by atoms with van der Waals surface area (Å²) < 4.78 is 1.44. The zero-order chi connectivity index (χ0) is 29.0. The third kappa shape index (κ3) is 6.77. The third-order valence-corrected chi connectivity index (χ3v) is 8.55. The van der Waals surface area contributed by atoms with Crippen LogP contribution in [0.3, 0.4) is 0 Å². The van der Waals surface area contributed by atoms with Crippen molar-refractivity contribution in [1.82, 2.24) is 14.4 Å². The number of carbonyl (C=O) groups excluding carboxylic acids is 2. The molecule has 2 fully saturated rings. The highest BCUT2D eigenvalue weighted by Gasteiger charge is 2.35. The quantitative estimate of drug-likeness (QED) is 0.462. The Morgan fingerprint density at radius 3 is 2.17 bits per heavy atom. The van der Waals surface area contributed by atoms with E-state index in [0.717, 1.165) is 11.1 Å². The van der Waals surface area contributed by atoms with Crippen molar-refractivity contribution >= 4 is 11.8 Å². The number of piperidine rings is 2. The highest BCUT2D eigenvalue weighted by atomic mass is 16.3. The van der Waals surface area contributed by atoms with E-state index in [4.69, 9.17) is 0 Å². The van der Waals surface area contributed by atoms with Crippen molar-refractivity contribution in [2.24, 2.45) is 0 Å². The molecule has 1 atom stereocenters. The van der Waals surface area contributed by atoms with Crippen LogP contribution in [0.4, 0.5) is 0 Å². The molecule has 216 valence electrons. The van der Waals surface area contributed by atoms with Gasteiger partial charge in [-0.1, -0.05) is 67.6 Å². The lowest BCUT2D eigenvalue weighted by Crippen LogP contribution is -2.50. The standard InChI is InChI=1S/C33H39N3O5/c1-24(25-8-4-2-5-9-25)20-30(38)34-18-14-33(41,15-19-34)23-36-22-29(32(40)35-16-12-27(37)13-17-35)28(21-31(36)39)26-10-6-3-7-11-26/h2-11,21-22,24,27,37,41H,12-20,23H2,1H3. The van der Waals surface area contributed by atoms with E-state index in [1.165, 1.54) is 10.6 Å². The number of aliphatic hydroxyl groups is 2. The first-order valence-corrected chi connectivity index (χ1v) is 14.5. The molecule has 2 saturated heterocycles. The number of aromatic nitrogens is 1. The van der Waals surface area contributed by atoms with E-state index in [1.807, 2.05) is 67.6 Å². The van der Waals surface area contributed by atoms with Crippen LogP contribution in [0.1, 0.15) is 60.9 Å². The Kier molecular flexibility index (Phi) is 8.71. The number of rotatable bonds is 7. The highest BCUT2D eigenvalue weighted by Crippen LogP contribution is 2.29. The number of carbonyl (C=O) groups is 2. The summed E-state index contributed by atoms with van der Waals surface area (Å²) in [4.78, 5) is 43.5. The minimum absolute atomic E-state index is 0.0440. The SMILES string of the molecule is CC(CC(=O)N1CCC(O)(Cn2cc(C(=O)N3CCC(O)CC3)c(-c3ccccc3)cc2=O)CC1)c1ccccc1. The van der Waals surface area contributed by atoms with E-state index < -0.39 is 11.7 Å². The molecule has 1 aromatic heterocycles. The maximum absolute atomic E-state index is 13.7. The first kappa shape index (κ1) is 28.8. The van der Waals surface area contributed by atoms with Gasteiger partial charge in [-0.2, -0.15) is 0 Å². The molecule has 2 aromatic carbocycles. The van der Waals surface area contributed by atoms with Gasteiger partial charge in [0, 0.05) is 50.4 Å². The monoisotopic (exact) mass is 557 g/mol. The van der Waals surface area contributed by atoms with Crippen LogP contribution < -0.4 is 5.56 Å². The Labute approximate surface area is 240 Å². The molecule has 0 saturated carbocycles. The van der Waals surface area contributed by atoms with Crippen molar-refractivity contribution in [2.75, 3.05) is 26.2 Å². The summed E-state index contributed by atoms with van der Waals surface area (Å²) in [5, 5.41) is 21.4. The largest absolute Gasteiger partial charge is 0.393 e. The molecular formula is C33H39N3O5. The zero-order valence-electron chi connectivity index (χ0n) is 23.6. The molecule has 0 aliphatic carbocycles. The van der Waals surface area contributed by atoms with Crippen molar-refractivity contribution in [3.8, 4) is 11.1 Å². The van der Waals surface area contributed by atoms with Crippen molar-refractivity contribution in [3.05, 3.63) is 94.4 Å². The maximum Gasteiger partial charge on any atom is 0.255 e. The molecule has 2 aliphatic rings. The van der Waals surface area contributed by atoms with E-state index in [0.29, 0.717) is 69.4 Å². The van der Waals surface area contributed by atoms with Crippen LogP contribution in [0.15, 0.2) is 77.7 Å². The number of amides is 2. The van der Waals surface area contributed by atoms with Gasteiger partial charge in [0.2, 0.25) is 5.91 Å². The number of pyridine rings is 1. The third-order valence-electron chi connectivity index (χ3n) is 8.55. The molecule has 2 amide bonds. The zero-order valence-corrected chi connectivity index (χ0v) is 23.6. The second-order valence-electron chi connectivity index (χ2n) is 11.6. The second-order valence-corrected chi connectivity index (χ2v) is 11.6. The van der Waals surface area contributed by atoms with Crippen molar-refractivity contribution in [3.63, 3.8) is 0 Å². The Morgan fingerprint density at radius 1 is 0.927 bits per heavy atom. The van der Waals surface area contributed by atoms with Gasteiger partial charge in [0.05, 0.1) is 23.8 Å². The average molecular weight is 558 g/mol. The summed E-state index contributed by atoms with van der Waals surface area (Å²) in [6.07, 6.45) is 3.31. The van der Waals surface area contributed by atoms with Crippen molar-refractivity contribution < 1.29 is 19.8 Å². The average Bonchev–Trinajstić information content (AvgIpc) is 2.99. The molecule has 41 heavy (non-hydrogen) atoms. The molecule has 0 bridgehead atoms. The lowest BCUT2D eigenvalue weighted by Gasteiger charge is -2.39. The normalized spacial score (nSPS) is 18.2. The number of aliphatic hydroxyl groups excluding tert-OH is 1. The summed E-state index contributed by atoms with van der Waals surface area (Å²) in [6.45, 7) is 3.81. The van der Waals surface area contributed by atoms with Gasteiger partial charge in [0.25, 0.3) is 11.5 Å². The fraction of sp³-hybridized carbons (Fsp3) is 0.424. The number of hydrogen-bond donors (Lipinski definition) is 2. The van der Waals surface area contributed by atoms with Gasteiger partial charge < -0.3 is 24.6 Å². The molecule has 1 unspecified atom stereocenters. The fourth-order valence-electron chi connectivity index (χ4n) is 5.90. The summed E-state index contributed by atoms with van der Waals surface area (Å²) in [5.74, 6) is -0.0258. The fourth-order valence-corrected chi connectivity index (χ4v) is 5.90. The smallest absolute Gasteiger partial charge is 0.255 e. The van der Waals surface area contributed by atoms with Crippen LogP contribution in [0, 0.1) is 0 Å². The van der Waals surface area contributed by atoms with Crippen LogP contribution in [-0.4, -0.2) is 74.3 Å². The Hall–Kier alpha value is -3.75. The molecule has 3 heterocycles. The molecular weight excluding hydrogens is 518 g/mol. The van der Waals surface area contributed by atoms with Gasteiger partial charge in [-0.3, -0.25) is 14.4 Å². The molecule has 2 aliphatic heterocycles. The van der Waals surface area contributed by atoms with E-state index in [-0.39, 0.29) is 29.8 Å². The van der Waals surface area contributed by atoms with Crippen molar-refractivity contribution in [2.45, 2.75) is 63.2 Å². The molecule has 5 rings (SSSR count). The first-order valence-electron chi connectivity index (χ1n) is 14.5. The van der Waals surface area contributed by atoms with E-state index in [9.17, 15) is 24.6 Å². The van der Waals surface area contributed by atoms with Crippen LogP contribution in [-0.2, 0) is 11.3 Å². The van der Waals surface area contributed by atoms with Crippen LogP contribution >= 0.6 is 0 Å². The van der Waals surface area contributed by atoms with Gasteiger partial charge in [-0.05, 0) is 42.7 Å². The number of likely N-dealkylation sites (tertiary alicyclic amines) is 2. The number of hydrogen-bond acceptors (Lipinski definition) is 5. The van der Waals surface area contributed by atoms with Crippen molar-refractivity contribution in [1.29, 1.82) is 0 Å². The Bertz CT molecular complexity index is 1410. The molecule has 8 nitrogen and oxygen atoms in total. The van der Waals surface area contributed by atoms with Crippen LogP contribution in [0.2, 0.25) is 0 Å². The molecule has 0 radical (unpaired) electrons. The molecule has 0 spiro atoms. The summed E-state index contributed by atoms with van der Waals surface area (Å²) in [6, 6.07) is 20.8. The lowest BCUT2D eigenvalue weighted by molar-refractivity contribution is -0.136. The van der Waals surface area contributed by atoms with E-state index >= 15 is 0 Å². The molecule has 8 heteroatoms. The van der Waals surface area contributed by atoms with Crippen LogP contribution in [0.25, 0.3) is 11.1 Å². The maximum atomic E-state index is 13.7. The minimum Gasteiger partial charge on any atom is -0.393 e. The van der Waals surface area contributed by atoms with Gasteiger partial charge >= 0.3 is 0 Å². The van der Waals surface area contributed by atoms with E-state index in [2.05, 4.69) is 0 Å². The van der Waals surface area contributed by atoms with E-state index in [1.54, 1.807) is 16.0 Å². The summed E-state index contributed by atoms with van der Waals surface area (Å²) >= 11 is 0. The van der Waals surface area contributed by atoms with Crippen LogP contribution in [0.5, 0.6) is 0 Å².